The molecule has 0 unspecified atom stereocenters. The molecule has 0 aromatic heterocycles. The maximum atomic E-state index is 11.9. The van der Waals surface area contributed by atoms with Crippen molar-refractivity contribution < 1.29 is 14.3 Å². The van der Waals surface area contributed by atoms with Gasteiger partial charge in [0.25, 0.3) is 0 Å². The minimum atomic E-state index is -0.314. The van der Waals surface area contributed by atoms with E-state index in [9.17, 15) is 4.79 Å². The predicted octanol–water partition coefficient (Wildman–Crippen LogP) is 6.93. The van der Waals surface area contributed by atoms with Crippen LogP contribution in [0.15, 0.2) is 24.3 Å². The second kappa shape index (κ2) is 24.5. The number of carbonyl (C=O) groups excluding carboxylic acids is 1. The Balaban J connectivity index is -0.00000120. The summed E-state index contributed by atoms with van der Waals surface area (Å²) in [6.07, 6.45) is 3.02. The van der Waals surface area contributed by atoms with E-state index in [-0.39, 0.29) is 11.3 Å². The minimum absolute atomic E-state index is 0.0802. The molecule has 0 radical (unpaired) electrons. The Morgan fingerprint density at radius 3 is 2.13 bits per heavy atom. The molecule has 0 aliphatic carbocycles. The molecule has 0 fully saturated rings. The molecule has 5 heteroatoms. The zero-order chi connectivity index (χ0) is 24.5. The summed E-state index contributed by atoms with van der Waals surface area (Å²) in [5.41, 5.74) is 0.710. The Bertz CT molecular complexity index is 505. The van der Waals surface area contributed by atoms with Gasteiger partial charge in [-0.1, -0.05) is 81.7 Å². The molecular weight excluding hydrogens is 388 g/mol. The van der Waals surface area contributed by atoms with E-state index in [1.54, 1.807) is 0 Å². The van der Waals surface area contributed by atoms with Crippen molar-refractivity contribution >= 4 is 11.6 Å². The molecule has 5 nitrogen and oxygen atoms in total. The average Bonchev–Trinajstić information content (AvgIpc) is 2.82. The van der Waals surface area contributed by atoms with Crippen molar-refractivity contribution in [2.45, 2.75) is 88.5 Å². The van der Waals surface area contributed by atoms with Crippen LogP contribution in [-0.4, -0.2) is 38.8 Å². The van der Waals surface area contributed by atoms with E-state index < -0.39 is 0 Å². The second-order valence-electron chi connectivity index (χ2n) is 6.76. The first kappa shape index (κ1) is 33.9. The molecule has 1 aromatic rings. The molecule has 0 spiro atoms. The third-order valence-electron chi connectivity index (χ3n) is 4.21. The van der Waals surface area contributed by atoms with Gasteiger partial charge in [0.05, 0.1) is 19.8 Å². The van der Waals surface area contributed by atoms with Crippen LogP contribution in [-0.2, 0) is 9.53 Å². The summed E-state index contributed by atoms with van der Waals surface area (Å²) in [5.74, 6) is 0.970. The van der Waals surface area contributed by atoms with Gasteiger partial charge in [-0.15, -0.1) is 0 Å². The summed E-state index contributed by atoms with van der Waals surface area (Å²) in [5, 5.41) is 6.23. The van der Waals surface area contributed by atoms with Crippen LogP contribution in [0.3, 0.4) is 0 Å². The first-order chi connectivity index (χ1) is 15.0. The lowest BCUT2D eigenvalue weighted by molar-refractivity contribution is -0.129. The molecule has 0 heterocycles. The normalized spacial score (nSPS) is 9.61. The third-order valence-corrected chi connectivity index (χ3v) is 4.21. The van der Waals surface area contributed by atoms with Crippen molar-refractivity contribution in [2.24, 2.45) is 5.41 Å². The van der Waals surface area contributed by atoms with Crippen molar-refractivity contribution in [3.63, 3.8) is 0 Å². The van der Waals surface area contributed by atoms with E-state index in [4.69, 9.17) is 9.47 Å². The molecular formula is C26H52N2O3. The van der Waals surface area contributed by atoms with Crippen LogP contribution in [0.25, 0.3) is 0 Å². The van der Waals surface area contributed by atoms with Gasteiger partial charge in [-0.2, -0.15) is 0 Å². The monoisotopic (exact) mass is 440 g/mol. The van der Waals surface area contributed by atoms with Crippen molar-refractivity contribution in [3.05, 3.63) is 24.3 Å². The lowest BCUT2D eigenvalue weighted by Crippen LogP contribution is -2.38. The highest BCUT2D eigenvalue weighted by atomic mass is 16.5. The van der Waals surface area contributed by atoms with Gasteiger partial charge >= 0.3 is 0 Å². The fourth-order valence-electron chi connectivity index (χ4n) is 2.04. The molecule has 184 valence electrons. The molecule has 1 rings (SSSR count). The number of unbranched alkanes of at least 4 members (excludes halogenated alkanes) is 1. The van der Waals surface area contributed by atoms with Gasteiger partial charge in [-0.3, -0.25) is 4.79 Å². The summed E-state index contributed by atoms with van der Waals surface area (Å²) >= 11 is 0. The summed E-state index contributed by atoms with van der Waals surface area (Å²) in [4.78, 5) is 11.9. The van der Waals surface area contributed by atoms with E-state index in [1.807, 2.05) is 86.6 Å². The van der Waals surface area contributed by atoms with Crippen LogP contribution in [0.2, 0.25) is 0 Å². The van der Waals surface area contributed by atoms with Crippen molar-refractivity contribution in [1.29, 1.82) is 0 Å². The number of amides is 1. The van der Waals surface area contributed by atoms with E-state index in [0.29, 0.717) is 26.3 Å². The molecule has 0 bridgehead atoms. The van der Waals surface area contributed by atoms with Crippen LogP contribution in [0, 0.1) is 5.41 Å². The van der Waals surface area contributed by atoms with Crippen molar-refractivity contribution in [2.75, 3.05) is 38.2 Å². The maximum Gasteiger partial charge on any atom is 0.225 e. The lowest BCUT2D eigenvalue weighted by Gasteiger charge is -2.21. The molecule has 0 aliphatic rings. The van der Waals surface area contributed by atoms with Crippen molar-refractivity contribution in [3.8, 4) is 5.75 Å². The molecule has 0 saturated carbocycles. The molecule has 31 heavy (non-hydrogen) atoms. The van der Waals surface area contributed by atoms with Crippen LogP contribution in [0.4, 0.5) is 5.69 Å². The molecule has 0 atom stereocenters. The Morgan fingerprint density at radius 2 is 1.55 bits per heavy atom. The van der Waals surface area contributed by atoms with Gasteiger partial charge < -0.3 is 20.1 Å². The standard InChI is InChI=1S/C20H34N2O3.3C2H6/c1-5-7-13-25-18-10-8-9-17(16-18)21-11-14-24-15-12-22-19(23)20(3,4)6-2;3*1-2/h8-10,16,21H,5-7,11-15H2,1-4H3,(H,22,23);3*1-2H3. The van der Waals surface area contributed by atoms with Crippen LogP contribution in [0.1, 0.15) is 88.5 Å². The molecule has 1 amide bonds. The highest BCUT2D eigenvalue weighted by molar-refractivity contribution is 5.81. The minimum Gasteiger partial charge on any atom is -0.494 e. The predicted molar refractivity (Wildman–Crippen MR) is 137 cm³/mol. The summed E-state index contributed by atoms with van der Waals surface area (Å²) < 4.78 is 11.2. The Kier molecular flexibility index (Phi) is 26.8. The lowest BCUT2D eigenvalue weighted by atomic mass is 9.89. The summed E-state index contributed by atoms with van der Waals surface area (Å²) in [6.45, 7) is 23.2. The second-order valence-corrected chi connectivity index (χ2v) is 6.76. The smallest absolute Gasteiger partial charge is 0.225 e. The Morgan fingerprint density at radius 1 is 0.935 bits per heavy atom. The molecule has 0 saturated heterocycles. The number of hydrogen-bond donors (Lipinski definition) is 2. The number of rotatable bonds is 13. The van der Waals surface area contributed by atoms with Gasteiger partial charge in [-0.25, -0.2) is 0 Å². The molecule has 1 aromatic carbocycles. The van der Waals surface area contributed by atoms with E-state index >= 15 is 0 Å². The Hall–Kier alpha value is -1.75. The fraction of sp³-hybridized carbons (Fsp3) is 0.731. The van der Waals surface area contributed by atoms with Crippen LogP contribution >= 0.6 is 0 Å². The zero-order valence-electron chi connectivity index (χ0n) is 22.2. The first-order valence-electron chi connectivity index (χ1n) is 12.3. The maximum absolute atomic E-state index is 11.9. The van der Waals surface area contributed by atoms with Crippen molar-refractivity contribution in [1.82, 2.24) is 5.32 Å². The summed E-state index contributed by atoms with van der Waals surface area (Å²) in [6, 6.07) is 7.97. The summed E-state index contributed by atoms with van der Waals surface area (Å²) in [7, 11) is 0. The topological polar surface area (TPSA) is 59.6 Å². The van der Waals surface area contributed by atoms with Gasteiger partial charge in [0, 0.05) is 30.3 Å². The van der Waals surface area contributed by atoms with Crippen LogP contribution in [0.5, 0.6) is 5.75 Å². The van der Waals surface area contributed by atoms with Gasteiger partial charge in [-0.05, 0) is 25.0 Å². The number of carbonyl (C=O) groups is 1. The third kappa shape index (κ3) is 18.7. The zero-order valence-corrected chi connectivity index (χ0v) is 22.2. The number of nitrogens with one attached hydrogen (secondary N) is 2. The van der Waals surface area contributed by atoms with Crippen LogP contribution < -0.4 is 15.4 Å². The largest absolute Gasteiger partial charge is 0.494 e. The first-order valence-corrected chi connectivity index (χ1v) is 12.3. The highest BCUT2D eigenvalue weighted by Gasteiger charge is 2.24. The Labute approximate surface area is 193 Å². The molecule has 0 aliphatic heterocycles. The van der Waals surface area contributed by atoms with E-state index in [1.165, 1.54) is 0 Å². The number of ether oxygens (including phenoxy) is 2. The molecule has 2 N–H and O–H groups in total. The van der Waals surface area contributed by atoms with Gasteiger partial charge in [0.2, 0.25) is 5.91 Å². The SMILES string of the molecule is CC.CC.CC.CCCCOc1cccc(NCCOCCNC(=O)C(C)(C)CC)c1. The van der Waals surface area contributed by atoms with E-state index in [0.717, 1.165) is 37.3 Å². The number of anilines is 1. The average molecular weight is 441 g/mol. The number of benzene rings is 1. The van der Waals surface area contributed by atoms with E-state index in [2.05, 4.69) is 17.6 Å². The highest BCUT2D eigenvalue weighted by Crippen LogP contribution is 2.19. The fourth-order valence-corrected chi connectivity index (χ4v) is 2.04. The van der Waals surface area contributed by atoms with Gasteiger partial charge in [0.1, 0.15) is 5.75 Å². The number of hydrogen-bond acceptors (Lipinski definition) is 4. The quantitative estimate of drug-likeness (QED) is 0.327. The van der Waals surface area contributed by atoms with Gasteiger partial charge in [0.15, 0.2) is 0 Å².